The zero-order chi connectivity index (χ0) is 15.2. The van der Waals surface area contributed by atoms with Crippen LogP contribution in [0.3, 0.4) is 0 Å². The molecule has 22 heavy (non-hydrogen) atoms. The van der Waals surface area contributed by atoms with Crippen LogP contribution in [0.25, 0.3) is 0 Å². The van der Waals surface area contributed by atoms with Crippen LogP contribution in [0, 0.1) is 5.92 Å². The van der Waals surface area contributed by atoms with E-state index in [1.165, 1.54) is 5.56 Å². The molecule has 1 saturated heterocycles. The second-order valence-electron chi connectivity index (χ2n) is 5.90. The molecule has 0 bridgehead atoms. The Balaban J connectivity index is 0.00000242. The Morgan fingerprint density at radius 1 is 1.45 bits per heavy atom. The molecule has 1 heterocycles. The molecule has 1 aromatic carbocycles. The number of amides is 1. The van der Waals surface area contributed by atoms with E-state index in [9.17, 15) is 4.79 Å². The van der Waals surface area contributed by atoms with Crippen LogP contribution in [0.5, 0.6) is 0 Å². The predicted octanol–water partition coefficient (Wildman–Crippen LogP) is 3.70. The Morgan fingerprint density at radius 2 is 2.18 bits per heavy atom. The molecular formula is C17H26BrClN2O. The van der Waals surface area contributed by atoms with Crippen LogP contribution < -0.4 is 10.6 Å². The molecular weight excluding hydrogens is 364 g/mol. The van der Waals surface area contributed by atoms with Gasteiger partial charge in [0, 0.05) is 22.5 Å². The van der Waals surface area contributed by atoms with Gasteiger partial charge in [-0.25, -0.2) is 0 Å². The lowest BCUT2D eigenvalue weighted by atomic mass is 9.94. The maximum absolute atomic E-state index is 12.5. The topological polar surface area (TPSA) is 41.1 Å². The molecule has 3 atom stereocenters. The van der Waals surface area contributed by atoms with Gasteiger partial charge in [0.05, 0.1) is 0 Å². The molecule has 1 aliphatic rings. The highest BCUT2D eigenvalue weighted by Gasteiger charge is 2.25. The molecule has 0 spiro atoms. The summed E-state index contributed by atoms with van der Waals surface area (Å²) in [6.45, 7) is 5.30. The summed E-state index contributed by atoms with van der Waals surface area (Å²) in [5.41, 5.74) is 1.20. The first-order chi connectivity index (χ1) is 10.1. The first kappa shape index (κ1) is 19.5. The molecule has 2 N–H and O–H groups in total. The Morgan fingerprint density at radius 3 is 2.82 bits per heavy atom. The summed E-state index contributed by atoms with van der Waals surface area (Å²) in [7, 11) is 0. The van der Waals surface area contributed by atoms with Gasteiger partial charge >= 0.3 is 0 Å². The van der Waals surface area contributed by atoms with E-state index in [4.69, 9.17) is 0 Å². The van der Waals surface area contributed by atoms with Crippen LogP contribution in [0.2, 0.25) is 0 Å². The Labute approximate surface area is 148 Å². The number of carbonyl (C=O) groups excluding carboxylic acids is 1. The van der Waals surface area contributed by atoms with Gasteiger partial charge in [-0.2, -0.15) is 0 Å². The zero-order valence-electron chi connectivity index (χ0n) is 13.3. The number of piperidine rings is 1. The third-order valence-electron chi connectivity index (χ3n) is 4.38. The van der Waals surface area contributed by atoms with E-state index >= 15 is 0 Å². The van der Waals surface area contributed by atoms with Crippen LogP contribution >= 0.6 is 28.3 Å². The zero-order valence-corrected chi connectivity index (χ0v) is 15.7. The largest absolute Gasteiger partial charge is 0.352 e. The molecule has 124 valence electrons. The minimum absolute atomic E-state index is 0. The van der Waals surface area contributed by atoms with E-state index in [1.807, 2.05) is 18.2 Å². The Kier molecular flexibility index (Phi) is 8.44. The Hall–Kier alpha value is -0.580. The molecule has 0 aromatic heterocycles. The molecule has 5 heteroatoms. The number of hydrogen-bond acceptors (Lipinski definition) is 2. The molecule has 3 nitrogen and oxygen atoms in total. The molecule has 0 radical (unpaired) electrons. The van der Waals surface area contributed by atoms with Crippen LogP contribution in [0.15, 0.2) is 28.7 Å². The number of hydrogen-bond donors (Lipinski definition) is 2. The van der Waals surface area contributed by atoms with E-state index in [0.717, 1.165) is 36.7 Å². The van der Waals surface area contributed by atoms with E-state index in [-0.39, 0.29) is 30.3 Å². The lowest BCUT2D eigenvalue weighted by Crippen LogP contribution is -2.53. The lowest BCUT2D eigenvalue weighted by Gasteiger charge is -2.32. The van der Waals surface area contributed by atoms with E-state index in [2.05, 4.69) is 46.5 Å². The number of benzene rings is 1. The van der Waals surface area contributed by atoms with Crippen molar-refractivity contribution in [1.29, 1.82) is 0 Å². The van der Waals surface area contributed by atoms with Gasteiger partial charge in [0.2, 0.25) is 5.91 Å². The number of rotatable bonds is 5. The van der Waals surface area contributed by atoms with Crippen molar-refractivity contribution in [1.82, 2.24) is 10.6 Å². The van der Waals surface area contributed by atoms with Crippen molar-refractivity contribution >= 4 is 34.2 Å². The molecule has 1 fully saturated rings. The van der Waals surface area contributed by atoms with Crippen LogP contribution in [-0.4, -0.2) is 24.5 Å². The molecule has 1 amide bonds. The van der Waals surface area contributed by atoms with Gasteiger partial charge < -0.3 is 10.6 Å². The van der Waals surface area contributed by atoms with Crippen molar-refractivity contribution in [2.24, 2.45) is 5.92 Å². The van der Waals surface area contributed by atoms with Crippen LogP contribution in [0.4, 0.5) is 0 Å². The van der Waals surface area contributed by atoms with Gasteiger partial charge in [0.15, 0.2) is 0 Å². The number of nitrogens with one attached hydrogen (secondary N) is 2. The van der Waals surface area contributed by atoms with E-state index < -0.39 is 0 Å². The minimum atomic E-state index is 0. The van der Waals surface area contributed by atoms with E-state index in [0.29, 0.717) is 6.04 Å². The SMILES string of the molecule is CCC(Cc1ccccc1Br)C(=O)NC1CCCNC1C.Cl. The second kappa shape index (κ2) is 9.53. The summed E-state index contributed by atoms with van der Waals surface area (Å²) in [5.74, 6) is 0.228. The van der Waals surface area contributed by atoms with Crippen molar-refractivity contribution in [3.63, 3.8) is 0 Å². The number of halogens is 2. The molecule has 1 aromatic rings. The number of carbonyl (C=O) groups is 1. The fourth-order valence-corrected chi connectivity index (χ4v) is 3.34. The highest BCUT2D eigenvalue weighted by molar-refractivity contribution is 9.10. The van der Waals surface area contributed by atoms with Gasteiger partial charge in [-0.15, -0.1) is 12.4 Å². The molecule has 0 saturated carbocycles. The monoisotopic (exact) mass is 388 g/mol. The summed E-state index contributed by atoms with van der Waals surface area (Å²) in [5, 5.41) is 6.67. The van der Waals surface area contributed by atoms with Crippen molar-refractivity contribution in [2.75, 3.05) is 6.54 Å². The normalized spacial score (nSPS) is 22.5. The summed E-state index contributed by atoms with van der Waals surface area (Å²) in [6, 6.07) is 8.78. The van der Waals surface area contributed by atoms with Crippen LogP contribution in [-0.2, 0) is 11.2 Å². The van der Waals surface area contributed by atoms with E-state index in [1.54, 1.807) is 0 Å². The fraction of sp³-hybridized carbons (Fsp3) is 0.588. The highest BCUT2D eigenvalue weighted by Crippen LogP contribution is 2.21. The molecule has 3 unspecified atom stereocenters. The molecule has 2 rings (SSSR count). The third kappa shape index (κ3) is 5.25. The lowest BCUT2D eigenvalue weighted by molar-refractivity contribution is -0.126. The first-order valence-corrected chi connectivity index (χ1v) is 8.68. The molecule has 0 aliphatic carbocycles. The summed E-state index contributed by atoms with van der Waals surface area (Å²) in [6.07, 6.45) is 3.86. The minimum Gasteiger partial charge on any atom is -0.352 e. The maximum Gasteiger partial charge on any atom is 0.223 e. The standard InChI is InChI=1S/C17H25BrN2O.ClH/c1-3-13(11-14-7-4-5-8-15(14)18)17(21)20-16-9-6-10-19-12(16)2;/h4-5,7-8,12-13,16,19H,3,6,9-11H2,1-2H3,(H,20,21);1H. The summed E-state index contributed by atoms with van der Waals surface area (Å²) in [4.78, 5) is 12.5. The molecule has 1 aliphatic heterocycles. The average Bonchev–Trinajstić information content (AvgIpc) is 2.48. The van der Waals surface area contributed by atoms with Gasteiger partial charge in [-0.3, -0.25) is 4.79 Å². The summed E-state index contributed by atoms with van der Waals surface area (Å²) >= 11 is 3.57. The van der Waals surface area contributed by atoms with Crippen molar-refractivity contribution in [3.05, 3.63) is 34.3 Å². The second-order valence-corrected chi connectivity index (χ2v) is 6.76. The van der Waals surface area contributed by atoms with Gasteiger partial charge in [0.1, 0.15) is 0 Å². The average molecular weight is 390 g/mol. The Bertz CT molecular complexity index is 483. The third-order valence-corrected chi connectivity index (χ3v) is 5.15. The highest BCUT2D eigenvalue weighted by atomic mass is 79.9. The quantitative estimate of drug-likeness (QED) is 0.806. The maximum atomic E-state index is 12.5. The smallest absolute Gasteiger partial charge is 0.223 e. The van der Waals surface area contributed by atoms with Gasteiger partial charge in [-0.05, 0) is 50.8 Å². The van der Waals surface area contributed by atoms with Crippen molar-refractivity contribution in [3.8, 4) is 0 Å². The predicted molar refractivity (Wildman–Crippen MR) is 97.5 cm³/mol. The van der Waals surface area contributed by atoms with Gasteiger partial charge in [-0.1, -0.05) is 41.1 Å². The van der Waals surface area contributed by atoms with Crippen LogP contribution in [0.1, 0.15) is 38.7 Å². The van der Waals surface area contributed by atoms with Crippen molar-refractivity contribution in [2.45, 2.75) is 51.6 Å². The fourth-order valence-electron chi connectivity index (χ4n) is 2.89. The summed E-state index contributed by atoms with van der Waals surface area (Å²) < 4.78 is 1.09. The van der Waals surface area contributed by atoms with Crippen molar-refractivity contribution < 1.29 is 4.79 Å². The van der Waals surface area contributed by atoms with Gasteiger partial charge in [0.25, 0.3) is 0 Å². The first-order valence-electron chi connectivity index (χ1n) is 7.89.